The number of amides is 1. The fourth-order valence-corrected chi connectivity index (χ4v) is 7.25. The van der Waals surface area contributed by atoms with Gasteiger partial charge in [0, 0.05) is 28.0 Å². The van der Waals surface area contributed by atoms with Gasteiger partial charge in [-0.05, 0) is 67.9 Å². The van der Waals surface area contributed by atoms with E-state index in [1.54, 1.807) is 18.9 Å². The van der Waals surface area contributed by atoms with Crippen molar-refractivity contribution in [3.8, 4) is 5.75 Å². The third kappa shape index (κ3) is 4.45. The zero-order valence-electron chi connectivity index (χ0n) is 18.7. The van der Waals surface area contributed by atoms with Crippen molar-refractivity contribution < 1.29 is 9.53 Å². The lowest BCUT2D eigenvalue weighted by molar-refractivity contribution is -0.124. The average molecular weight is 545 g/mol. The molecular formula is C25H26BrN3O2S2. The third-order valence-electron chi connectivity index (χ3n) is 6.22. The number of carbonyl (C=O) groups excluding carboxylic acids is 1. The lowest BCUT2D eigenvalue weighted by Gasteiger charge is -2.30. The first-order valence-corrected chi connectivity index (χ1v) is 13.7. The molecule has 0 unspecified atom stereocenters. The van der Waals surface area contributed by atoms with Crippen LogP contribution >= 0.6 is 39.5 Å². The number of anilines is 1. The first-order chi connectivity index (χ1) is 16.1. The number of thioether (sulfide) groups is 2. The van der Waals surface area contributed by atoms with Crippen LogP contribution in [0.5, 0.6) is 5.75 Å². The molecular weight excluding hydrogens is 518 g/mol. The van der Waals surface area contributed by atoms with Gasteiger partial charge in [-0.1, -0.05) is 47.0 Å². The standard InChI is InChI=1S/C25H26BrN3O2S2/c1-3-28-20-15-19(31-2)13-14-21(20)32-24(28)22-23(30)29(18-7-5-4-6-8-18)25(33-22)27-17-11-9-16(26)10-12-17/h9-15,18H,3-8H2,1-2H3/b24-22-,27-25?. The maximum Gasteiger partial charge on any atom is 0.269 e. The molecule has 2 aliphatic heterocycles. The summed E-state index contributed by atoms with van der Waals surface area (Å²) in [6, 6.07) is 14.3. The molecule has 1 saturated heterocycles. The van der Waals surface area contributed by atoms with Gasteiger partial charge in [-0.15, -0.1) is 0 Å². The van der Waals surface area contributed by atoms with Crippen molar-refractivity contribution in [2.45, 2.75) is 50.0 Å². The molecule has 8 heteroatoms. The van der Waals surface area contributed by atoms with Gasteiger partial charge in [0.1, 0.15) is 15.7 Å². The Morgan fingerprint density at radius 1 is 1.09 bits per heavy atom. The Morgan fingerprint density at radius 2 is 1.85 bits per heavy atom. The Kier molecular flexibility index (Phi) is 6.77. The molecule has 0 N–H and O–H groups in total. The largest absolute Gasteiger partial charge is 0.497 e. The van der Waals surface area contributed by atoms with Crippen molar-refractivity contribution in [3.63, 3.8) is 0 Å². The summed E-state index contributed by atoms with van der Waals surface area (Å²) in [4.78, 5) is 24.9. The summed E-state index contributed by atoms with van der Waals surface area (Å²) in [5, 5.41) is 1.79. The van der Waals surface area contributed by atoms with Gasteiger partial charge < -0.3 is 9.64 Å². The molecule has 5 nitrogen and oxygen atoms in total. The van der Waals surface area contributed by atoms with Gasteiger partial charge in [0.2, 0.25) is 0 Å². The molecule has 0 bridgehead atoms. The van der Waals surface area contributed by atoms with Crippen LogP contribution < -0.4 is 9.64 Å². The minimum absolute atomic E-state index is 0.0866. The number of methoxy groups -OCH3 is 1. The molecule has 1 saturated carbocycles. The molecule has 3 aliphatic rings. The van der Waals surface area contributed by atoms with Gasteiger partial charge >= 0.3 is 0 Å². The van der Waals surface area contributed by atoms with E-state index in [1.807, 2.05) is 35.2 Å². The van der Waals surface area contributed by atoms with Crippen molar-refractivity contribution in [1.29, 1.82) is 0 Å². The number of carbonyl (C=O) groups is 1. The van der Waals surface area contributed by atoms with Crippen molar-refractivity contribution in [2.24, 2.45) is 4.99 Å². The summed E-state index contributed by atoms with van der Waals surface area (Å²) >= 11 is 6.68. The summed E-state index contributed by atoms with van der Waals surface area (Å²) in [6.07, 6.45) is 5.65. The number of rotatable bonds is 4. The Morgan fingerprint density at radius 3 is 2.55 bits per heavy atom. The van der Waals surface area contributed by atoms with Gasteiger partial charge in [-0.2, -0.15) is 0 Å². The fraction of sp³-hybridized carbons (Fsp3) is 0.360. The zero-order chi connectivity index (χ0) is 22.9. The SMILES string of the molecule is CCN1/C(=C2/SC(=Nc3ccc(Br)cc3)N(C3CCCCC3)C2=O)Sc2ccc(OC)cc21. The van der Waals surface area contributed by atoms with E-state index in [0.717, 1.165) is 73.8 Å². The average Bonchev–Trinajstić information content (AvgIpc) is 3.37. The predicted molar refractivity (Wildman–Crippen MR) is 141 cm³/mol. The van der Waals surface area contributed by atoms with E-state index in [4.69, 9.17) is 9.73 Å². The molecule has 1 aliphatic carbocycles. The monoisotopic (exact) mass is 543 g/mol. The van der Waals surface area contributed by atoms with Crippen molar-refractivity contribution >= 4 is 61.9 Å². The molecule has 2 heterocycles. The molecule has 0 spiro atoms. The molecule has 0 atom stereocenters. The maximum absolute atomic E-state index is 13.9. The van der Waals surface area contributed by atoms with Crippen LogP contribution in [-0.4, -0.2) is 35.7 Å². The number of hydrogen-bond acceptors (Lipinski definition) is 6. The molecule has 0 radical (unpaired) electrons. The van der Waals surface area contributed by atoms with Crippen LogP contribution in [-0.2, 0) is 4.79 Å². The Balaban J connectivity index is 1.56. The van der Waals surface area contributed by atoms with Gasteiger partial charge in [0.05, 0.1) is 18.5 Å². The second-order valence-corrected chi connectivity index (χ2v) is 11.2. The first-order valence-electron chi connectivity index (χ1n) is 11.3. The maximum atomic E-state index is 13.9. The molecule has 2 aromatic rings. The van der Waals surface area contributed by atoms with Gasteiger partial charge in [-0.3, -0.25) is 9.69 Å². The summed E-state index contributed by atoms with van der Waals surface area (Å²) in [5.41, 5.74) is 1.96. The smallest absolute Gasteiger partial charge is 0.269 e. The highest BCUT2D eigenvalue weighted by Crippen LogP contribution is 2.52. The minimum Gasteiger partial charge on any atom is -0.497 e. The van der Waals surface area contributed by atoms with Crippen molar-refractivity contribution in [2.75, 3.05) is 18.6 Å². The van der Waals surface area contributed by atoms with Crippen molar-refractivity contribution in [3.05, 3.63) is 56.9 Å². The number of aliphatic imine (C=N–C) groups is 1. The second kappa shape index (κ2) is 9.76. The molecule has 172 valence electrons. The van der Waals surface area contributed by atoms with Crippen LogP contribution in [0.2, 0.25) is 0 Å². The van der Waals surface area contributed by atoms with Crippen molar-refractivity contribution in [1.82, 2.24) is 4.90 Å². The lowest BCUT2D eigenvalue weighted by atomic mass is 9.94. The Bertz CT molecular complexity index is 1130. The van der Waals surface area contributed by atoms with Crippen LogP contribution in [0.15, 0.2) is 66.8 Å². The highest BCUT2D eigenvalue weighted by Gasteiger charge is 2.43. The molecule has 2 aromatic carbocycles. The summed E-state index contributed by atoms with van der Waals surface area (Å²) in [7, 11) is 1.68. The molecule has 1 amide bonds. The number of amidine groups is 1. The van der Waals surface area contributed by atoms with Gasteiger partial charge in [0.25, 0.3) is 5.91 Å². The van der Waals surface area contributed by atoms with E-state index in [-0.39, 0.29) is 11.9 Å². The number of halogens is 1. The third-order valence-corrected chi connectivity index (χ3v) is 9.11. The zero-order valence-corrected chi connectivity index (χ0v) is 21.9. The van der Waals surface area contributed by atoms with E-state index >= 15 is 0 Å². The van der Waals surface area contributed by atoms with E-state index in [1.165, 1.54) is 18.2 Å². The van der Waals surface area contributed by atoms with Gasteiger partial charge in [0.15, 0.2) is 5.17 Å². The molecule has 0 aromatic heterocycles. The van der Waals surface area contributed by atoms with Crippen LogP contribution in [0.1, 0.15) is 39.0 Å². The van der Waals surface area contributed by atoms with Crippen LogP contribution in [0.25, 0.3) is 0 Å². The quantitative estimate of drug-likeness (QED) is 0.383. The number of ether oxygens (including phenoxy) is 1. The minimum atomic E-state index is 0.0866. The highest BCUT2D eigenvalue weighted by atomic mass is 79.9. The normalized spacial score (nSPS) is 22.4. The summed E-state index contributed by atoms with van der Waals surface area (Å²) in [5.74, 6) is 0.911. The molecule has 5 rings (SSSR count). The van der Waals surface area contributed by atoms with E-state index < -0.39 is 0 Å². The number of benzene rings is 2. The lowest BCUT2D eigenvalue weighted by Crippen LogP contribution is -2.40. The summed E-state index contributed by atoms with van der Waals surface area (Å²) in [6.45, 7) is 2.90. The van der Waals surface area contributed by atoms with E-state index in [2.05, 4.69) is 39.9 Å². The van der Waals surface area contributed by atoms with Gasteiger partial charge in [-0.25, -0.2) is 4.99 Å². The predicted octanol–water partition coefficient (Wildman–Crippen LogP) is 7.15. The Hall–Kier alpha value is -1.90. The molecule has 33 heavy (non-hydrogen) atoms. The number of nitrogens with zero attached hydrogens (tertiary/aromatic N) is 3. The van der Waals surface area contributed by atoms with Crippen LogP contribution in [0, 0.1) is 0 Å². The molecule has 2 fully saturated rings. The highest BCUT2D eigenvalue weighted by molar-refractivity contribution is 9.10. The topological polar surface area (TPSA) is 45.1 Å². The number of fused-ring (bicyclic) bond motifs is 1. The summed E-state index contributed by atoms with van der Waals surface area (Å²) < 4.78 is 6.46. The van der Waals surface area contributed by atoms with E-state index in [9.17, 15) is 4.79 Å². The van der Waals surface area contributed by atoms with Crippen LogP contribution in [0.3, 0.4) is 0 Å². The van der Waals surface area contributed by atoms with E-state index in [0.29, 0.717) is 0 Å². The Labute approximate surface area is 211 Å². The van der Waals surface area contributed by atoms with Crippen LogP contribution in [0.4, 0.5) is 11.4 Å². The number of hydrogen-bond donors (Lipinski definition) is 0. The first kappa shape index (κ1) is 22.9. The fourth-order valence-electron chi connectivity index (χ4n) is 4.55. The second-order valence-electron chi connectivity index (χ2n) is 8.25.